The van der Waals surface area contributed by atoms with Crippen molar-refractivity contribution >= 4 is 23.3 Å². The Balaban J connectivity index is 2.72. The molecule has 0 saturated carbocycles. The lowest BCUT2D eigenvalue weighted by molar-refractivity contribution is -0.138. The third kappa shape index (κ3) is 3.99. The Hall–Kier alpha value is -2.21. The fraction of sp³-hybridized carbons (Fsp3) is 0.250. The number of anilines is 1. The van der Waals surface area contributed by atoms with Crippen LogP contribution in [-0.2, 0) is 9.59 Å². The standard InChI is InChI=1S/C12H14N2O4/c1-7(15)8-3-2-4-9(5-8)14-12(18)10(13)6-11(16)17/h2-5,10H,6,13H2,1H3,(H,14,18)(H,16,17). The summed E-state index contributed by atoms with van der Waals surface area (Å²) in [5.41, 5.74) is 6.27. The van der Waals surface area contributed by atoms with Crippen molar-refractivity contribution in [3.05, 3.63) is 29.8 Å². The van der Waals surface area contributed by atoms with E-state index in [-0.39, 0.29) is 5.78 Å². The highest BCUT2D eigenvalue weighted by molar-refractivity contribution is 5.99. The van der Waals surface area contributed by atoms with Crippen molar-refractivity contribution in [2.24, 2.45) is 5.73 Å². The van der Waals surface area contributed by atoms with Crippen LogP contribution in [0.4, 0.5) is 5.69 Å². The number of amides is 1. The van der Waals surface area contributed by atoms with Crippen molar-refractivity contribution in [2.75, 3.05) is 5.32 Å². The number of carboxylic acids is 1. The molecule has 0 fully saturated rings. The summed E-state index contributed by atoms with van der Waals surface area (Å²) in [5.74, 6) is -1.87. The third-order valence-electron chi connectivity index (χ3n) is 2.27. The maximum Gasteiger partial charge on any atom is 0.305 e. The zero-order chi connectivity index (χ0) is 13.7. The van der Waals surface area contributed by atoms with Crippen molar-refractivity contribution in [3.8, 4) is 0 Å². The normalized spacial score (nSPS) is 11.7. The number of aliphatic carboxylic acids is 1. The Bertz CT molecular complexity index is 485. The Morgan fingerprint density at radius 1 is 1.39 bits per heavy atom. The monoisotopic (exact) mass is 250 g/mol. The van der Waals surface area contributed by atoms with Gasteiger partial charge in [0.1, 0.15) is 0 Å². The van der Waals surface area contributed by atoms with E-state index in [1.165, 1.54) is 13.0 Å². The van der Waals surface area contributed by atoms with Crippen molar-refractivity contribution in [3.63, 3.8) is 0 Å². The number of carbonyl (C=O) groups is 3. The summed E-state index contributed by atoms with van der Waals surface area (Å²) in [4.78, 5) is 33.1. The number of hydrogen-bond acceptors (Lipinski definition) is 4. The Morgan fingerprint density at radius 2 is 2.06 bits per heavy atom. The van der Waals surface area contributed by atoms with Crippen LogP contribution in [0.3, 0.4) is 0 Å². The van der Waals surface area contributed by atoms with Gasteiger partial charge in [0, 0.05) is 11.3 Å². The van der Waals surface area contributed by atoms with Gasteiger partial charge in [0.2, 0.25) is 5.91 Å². The molecule has 0 aliphatic rings. The third-order valence-corrected chi connectivity index (χ3v) is 2.27. The number of nitrogens with one attached hydrogen (secondary N) is 1. The number of hydrogen-bond donors (Lipinski definition) is 3. The van der Waals surface area contributed by atoms with E-state index in [0.717, 1.165) is 0 Å². The minimum atomic E-state index is -1.14. The Labute approximate surface area is 104 Å². The summed E-state index contributed by atoms with van der Waals surface area (Å²) in [6.45, 7) is 1.41. The van der Waals surface area contributed by atoms with Crippen LogP contribution >= 0.6 is 0 Å². The number of nitrogens with two attached hydrogens (primary N) is 1. The number of Topliss-reactive ketones (excluding diaryl/α,β-unsaturated/α-hetero) is 1. The second kappa shape index (κ2) is 5.92. The van der Waals surface area contributed by atoms with Crippen LogP contribution in [0, 0.1) is 0 Å². The zero-order valence-corrected chi connectivity index (χ0v) is 9.84. The van der Waals surface area contributed by atoms with Crippen LogP contribution in [0.25, 0.3) is 0 Å². The highest BCUT2D eigenvalue weighted by Crippen LogP contribution is 2.11. The minimum absolute atomic E-state index is 0.124. The molecule has 0 saturated heterocycles. The number of rotatable bonds is 5. The van der Waals surface area contributed by atoms with Crippen LogP contribution in [0.2, 0.25) is 0 Å². The molecule has 6 nitrogen and oxygen atoms in total. The van der Waals surface area contributed by atoms with Gasteiger partial charge in [-0.3, -0.25) is 14.4 Å². The molecule has 18 heavy (non-hydrogen) atoms. The molecule has 6 heteroatoms. The quantitative estimate of drug-likeness (QED) is 0.664. The van der Waals surface area contributed by atoms with E-state index in [1.807, 2.05) is 0 Å². The van der Waals surface area contributed by atoms with Gasteiger partial charge in [-0.1, -0.05) is 12.1 Å². The van der Waals surface area contributed by atoms with Gasteiger partial charge in [0.05, 0.1) is 12.5 Å². The van der Waals surface area contributed by atoms with Gasteiger partial charge in [0.15, 0.2) is 5.78 Å². The molecular formula is C12H14N2O4. The fourth-order valence-corrected chi connectivity index (χ4v) is 1.33. The highest BCUT2D eigenvalue weighted by atomic mass is 16.4. The number of carbonyl (C=O) groups excluding carboxylic acids is 2. The maximum absolute atomic E-state index is 11.5. The Morgan fingerprint density at radius 3 is 2.61 bits per heavy atom. The summed E-state index contributed by atoms with van der Waals surface area (Å²) < 4.78 is 0. The first-order valence-corrected chi connectivity index (χ1v) is 5.29. The first-order chi connectivity index (χ1) is 8.40. The summed E-state index contributed by atoms with van der Waals surface area (Å²) >= 11 is 0. The molecule has 1 atom stereocenters. The van der Waals surface area contributed by atoms with Crippen molar-refractivity contribution in [1.82, 2.24) is 0 Å². The van der Waals surface area contributed by atoms with Gasteiger partial charge >= 0.3 is 5.97 Å². The first-order valence-electron chi connectivity index (χ1n) is 5.29. The zero-order valence-electron chi connectivity index (χ0n) is 9.84. The van der Waals surface area contributed by atoms with Crippen molar-refractivity contribution < 1.29 is 19.5 Å². The van der Waals surface area contributed by atoms with Crippen LogP contribution in [-0.4, -0.2) is 28.8 Å². The fourth-order valence-electron chi connectivity index (χ4n) is 1.33. The molecule has 0 aliphatic heterocycles. The maximum atomic E-state index is 11.5. The van der Waals surface area contributed by atoms with E-state index >= 15 is 0 Å². The lowest BCUT2D eigenvalue weighted by Gasteiger charge is -2.10. The highest BCUT2D eigenvalue weighted by Gasteiger charge is 2.17. The van der Waals surface area contributed by atoms with E-state index in [1.54, 1.807) is 18.2 Å². The van der Waals surface area contributed by atoms with Gasteiger partial charge < -0.3 is 16.2 Å². The lowest BCUT2D eigenvalue weighted by Crippen LogP contribution is -2.37. The number of ketones is 1. The minimum Gasteiger partial charge on any atom is -0.481 e. The molecule has 0 heterocycles. The van der Waals surface area contributed by atoms with Gasteiger partial charge in [-0.05, 0) is 19.1 Å². The van der Waals surface area contributed by atoms with E-state index in [2.05, 4.69) is 5.32 Å². The van der Waals surface area contributed by atoms with E-state index in [9.17, 15) is 14.4 Å². The number of benzene rings is 1. The lowest BCUT2D eigenvalue weighted by atomic mass is 10.1. The molecule has 96 valence electrons. The molecule has 0 radical (unpaired) electrons. The van der Waals surface area contributed by atoms with Gasteiger partial charge in [-0.15, -0.1) is 0 Å². The second-order valence-electron chi connectivity index (χ2n) is 3.83. The van der Waals surface area contributed by atoms with E-state index < -0.39 is 24.3 Å². The smallest absolute Gasteiger partial charge is 0.305 e. The van der Waals surface area contributed by atoms with Crippen molar-refractivity contribution in [1.29, 1.82) is 0 Å². The average Bonchev–Trinajstić information content (AvgIpc) is 2.28. The summed E-state index contributed by atoms with van der Waals surface area (Å²) in [7, 11) is 0. The molecule has 1 unspecified atom stereocenters. The van der Waals surface area contributed by atoms with Gasteiger partial charge in [-0.25, -0.2) is 0 Å². The van der Waals surface area contributed by atoms with Crippen LogP contribution in [0.15, 0.2) is 24.3 Å². The average molecular weight is 250 g/mol. The van der Waals surface area contributed by atoms with Crippen LogP contribution in [0.5, 0.6) is 0 Å². The summed E-state index contributed by atoms with van der Waals surface area (Å²) in [5, 5.41) is 11.0. The second-order valence-corrected chi connectivity index (χ2v) is 3.83. The molecule has 1 amide bonds. The molecule has 1 aromatic carbocycles. The van der Waals surface area contributed by atoms with Gasteiger partial charge in [-0.2, -0.15) is 0 Å². The molecule has 1 aromatic rings. The molecule has 0 aliphatic carbocycles. The first kappa shape index (κ1) is 13.9. The predicted octanol–water partition coefficient (Wildman–Crippen LogP) is 0.630. The number of carboxylic acid groups (broad SMARTS) is 1. The largest absolute Gasteiger partial charge is 0.481 e. The topological polar surface area (TPSA) is 109 Å². The Kier molecular flexibility index (Phi) is 4.56. The molecule has 1 rings (SSSR count). The molecule has 0 bridgehead atoms. The van der Waals surface area contributed by atoms with Crippen LogP contribution in [0.1, 0.15) is 23.7 Å². The predicted molar refractivity (Wildman–Crippen MR) is 65.3 cm³/mol. The summed E-state index contributed by atoms with van der Waals surface area (Å²) in [6, 6.07) is 5.22. The summed E-state index contributed by atoms with van der Waals surface area (Å²) in [6.07, 6.45) is -0.446. The molecule has 0 aromatic heterocycles. The SMILES string of the molecule is CC(=O)c1cccc(NC(=O)C(N)CC(=O)O)c1. The van der Waals surface area contributed by atoms with E-state index in [4.69, 9.17) is 10.8 Å². The molecule has 4 N–H and O–H groups in total. The van der Waals surface area contributed by atoms with Crippen LogP contribution < -0.4 is 11.1 Å². The molecular weight excluding hydrogens is 236 g/mol. The van der Waals surface area contributed by atoms with E-state index in [0.29, 0.717) is 11.3 Å². The molecule has 0 spiro atoms. The van der Waals surface area contributed by atoms with Gasteiger partial charge in [0.25, 0.3) is 0 Å². The van der Waals surface area contributed by atoms with Crippen molar-refractivity contribution in [2.45, 2.75) is 19.4 Å².